The van der Waals surface area contributed by atoms with E-state index in [-0.39, 0.29) is 0 Å². The lowest BCUT2D eigenvalue weighted by molar-refractivity contribution is 0.480. The third kappa shape index (κ3) is 4.31. The molecule has 0 fully saturated rings. The van der Waals surface area contributed by atoms with Crippen molar-refractivity contribution in [3.8, 4) is 33.8 Å². The van der Waals surface area contributed by atoms with Gasteiger partial charge in [0.2, 0.25) is 0 Å². The van der Waals surface area contributed by atoms with Gasteiger partial charge in [-0.25, -0.2) is 9.97 Å². The van der Waals surface area contributed by atoms with Crippen molar-refractivity contribution >= 4 is 54.9 Å². The molecule has 0 aliphatic rings. The second-order valence-electron chi connectivity index (χ2n) is 13.4. The van der Waals surface area contributed by atoms with Gasteiger partial charge < -0.3 is 4.74 Å². The summed E-state index contributed by atoms with van der Waals surface area (Å²) in [5, 5.41) is 4.00. The lowest BCUT2D eigenvalue weighted by Gasteiger charge is -2.17. The van der Waals surface area contributed by atoms with Gasteiger partial charge in [-0.2, -0.15) is 0 Å². The van der Waals surface area contributed by atoms with Crippen molar-refractivity contribution < 1.29 is 4.74 Å². The third-order valence-corrected chi connectivity index (χ3v) is 10.3. The Morgan fingerprint density at radius 3 is 1.33 bits per heavy atom. The van der Waals surface area contributed by atoms with Gasteiger partial charge in [0.05, 0.1) is 34.5 Å². The van der Waals surface area contributed by atoms with Crippen molar-refractivity contribution in [3.05, 3.63) is 144 Å². The fourth-order valence-corrected chi connectivity index (χ4v) is 8.15. The Morgan fingerprint density at radius 2 is 0.902 bits per heavy atom. The van der Waals surface area contributed by atoms with Gasteiger partial charge in [-0.05, 0) is 96.5 Å². The quantitative estimate of drug-likeness (QED) is 0.176. The van der Waals surface area contributed by atoms with Crippen LogP contribution in [0.25, 0.3) is 77.2 Å². The molecule has 7 heteroatoms. The van der Waals surface area contributed by atoms with Crippen LogP contribution in [0.1, 0.15) is 22.3 Å². The van der Waals surface area contributed by atoms with Crippen LogP contribution in [0.3, 0.4) is 0 Å². The maximum absolute atomic E-state index is 6.58. The number of pyridine rings is 4. The summed E-state index contributed by atoms with van der Waals surface area (Å²) in [7, 11) is 0. The summed E-state index contributed by atoms with van der Waals surface area (Å²) >= 11 is 0. The van der Waals surface area contributed by atoms with E-state index in [1.807, 2.05) is 36.9 Å². The zero-order chi connectivity index (χ0) is 34.4. The van der Waals surface area contributed by atoms with Crippen molar-refractivity contribution in [2.24, 2.45) is 0 Å². The molecule has 0 aliphatic carbocycles. The first-order chi connectivity index (χ1) is 25.0. The van der Waals surface area contributed by atoms with Gasteiger partial charge in [0.25, 0.3) is 0 Å². The molecule has 0 unspecified atom stereocenters. The Labute approximate surface area is 293 Å². The van der Waals surface area contributed by atoms with Gasteiger partial charge in [-0.1, -0.05) is 60.7 Å². The largest absolute Gasteiger partial charge is 0.454 e. The minimum atomic E-state index is 0.605. The number of ether oxygens (including phenoxy) is 1. The van der Waals surface area contributed by atoms with Crippen LogP contribution in [0.15, 0.2) is 122 Å². The van der Waals surface area contributed by atoms with E-state index >= 15 is 0 Å². The minimum absolute atomic E-state index is 0.605. The van der Waals surface area contributed by atoms with Gasteiger partial charge in [0, 0.05) is 46.3 Å². The zero-order valence-electron chi connectivity index (χ0n) is 28.6. The molecule has 244 valence electrons. The number of aromatic nitrogens is 6. The van der Waals surface area contributed by atoms with E-state index in [1.165, 1.54) is 33.4 Å². The third-order valence-electron chi connectivity index (χ3n) is 10.3. The summed E-state index contributed by atoms with van der Waals surface area (Å²) in [6.45, 7) is 8.67. The summed E-state index contributed by atoms with van der Waals surface area (Å²) < 4.78 is 10.9. The number of aryl methyl sites for hydroxylation is 4. The number of imidazole rings is 2. The van der Waals surface area contributed by atoms with Crippen LogP contribution in [-0.4, -0.2) is 28.7 Å². The van der Waals surface area contributed by atoms with E-state index in [0.717, 1.165) is 66.0 Å². The summed E-state index contributed by atoms with van der Waals surface area (Å²) in [6, 6.07) is 29.9. The van der Waals surface area contributed by atoms with E-state index in [9.17, 15) is 0 Å². The maximum Gasteiger partial charge on any atom is 0.146 e. The molecule has 0 spiro atoms. The number of benzene rings is 4. The van der Waals surface area contributed by atoms with Crippen molar-refractivity contribution in [1.82, 2.24) is 28.7 Å². The van der Waals surface area contributed by atoms with Crippen LogP contribution < -0.4 is 4.74 Å². The van der Waals surface area contributed by atoms with E-state index in [4.69, 9.17) is 24.7 Å². The fraction of sp³-hybridized carbons (Fsp3) is 0.0909. The van der Waals surface area contributed by atoms with Crippen LogP contribution in [-0.2, 0) is 0 Å². The average molecular weight is 661 g/mol. The first-order valence-electron chi connectivity index (χ1n) is 17.1. The number of fused-ring (bicyclic) bond motifs is 12. The van der Waals surface area contributed by atoms with E-state index < -0.39 is 0 Å². The topological polar surface area (TPSA) is 69.6 Å². The van der Waals surface area contributed by atoms with Crippen LogP contribution in [0, 0.1) is 27.7 Å². The van der Waals surface area contributed by atoms with E-state index in [2.05, 4.69) is 109 Å². The summed E-state index contributed by atoms with van der Waals surface area (Å²) in [5.41, 5.74) is 15.2. The second-order valence-corrected chi connectivity index (χ2v) is 13.4. The van der Waals surface area contributed by atoms with Gasteiger partial charge >= 0.3 is 0 Å². The molecule has 0 atom stereocenters. The van der Waals surface area contributed by atoms with Gasteiger partial charge in [-0.15, -0.1) is 0 Å². The highest BCUT2D eigenvalue weighted by Crippen LogP contribution is 2.41. The predicted octanol–water partition coefficient (Wildman–Crippen LogP) is 10.7. The number of rotatable bonds is 4. The highest BCUT2D eigenvalue weighted by atomic mass is 16.5. The van der Waals surface area contributed by atoms with Crippen molar-refractivity contribution in [2.75, 3.05) is 0 Å². The van der Waals surface area contributed by atoms with E-state index in [1.54, 1.807) is 12.4 Å². The van der Waals surface area contributed by atoms with Crippen LogP contribution in [0.2, 0.25) is 0 Å². The Balaban J connectivity index is 1.16. The smallest absolute Gasteiger partial charge is 0.146 e. The first kappa shape index (κ1) is 29.3. The molecule has 6 aromatic heterocycles. The Morgan fingerprint density at radius 1 is 0.490 bits per heavy atom. The highest BCUT2D eigenvalue weighted by Gasteiger charge is 2.20. The molecule has 0 amide bonds. The van der Waals surface area contributed by atoms with E-state index in [0.29, 0.717) is 11.5 Å². The molecule has 10 rings (SSSR count). The molecule has 7 nitrogen and oxygen atoms in total. The molecule has 0 N–H and O–H groups in total. The predicted molar refractivity (Wildman–Crippen MR) is 206 cm³/mol. The molecule has 10 aromatic rings. The Kier molecular flexibility index (Phi) is 6.30. The van der Waals surface area contributed by atoms with Crippen LogP contribution in [0.5, 0.6) is 11.5 Å². The molecule has 6 heterocycles. The van der Waals surface area contributed by atoms with Crippen molar-refractivity contribution in [3.63, 3.8) is 0 Å². The molecule has 4 aromatic carbocycles. The lowest BCUT2D eigenvalue weighted by atomic mass is 9.92. The minimum Gasteiger partial charge on any atom is -0.454 e. The number of hydrogen-bond acceptors (Lipinski definition) is 5. The molecule has 0 radical (unpaired) electrons. The molecule has 0 saturated heterocycles. The molecule has 0 aliphatic heterocycles. The summed E-state index contributed by atoms with van der Waals surface area (Å²) in [4.78, 5) is 19.7. The van der Waals surface area contributed by atoms with Crippen LogP contribution in [0.4, 0.5) is 0 Å². The fourth-order valence-electron chi connectivity index (χ4n) is 8.15. The first-order valence-corrected chi connectivity index (χ1v) is 17.1. The standard InChI is InChI=1S/C44H32N6O/c1-25-9-5-10-26(2)37(25)31-13-7-15-35-39(31)41-33(43-45-17-19-49(35)43)21-29(23-47-41)51-30-22-34-42(48-24-30)40-32(38-27(3)11-6-12-28(38)4)14-8-16-36(40)50-20-18-46-44(34)50/h5-24H,1-4H3. The molecular formula is C44H32N6O. The lowest BCUT2D eigenvalue weighted by Crippen LogP contribution is -1.98. The molecule has 0 bridgehead atoms. The molecule has 0 saturated carbocycles. The van der Waals surface area contributed by atoms with Gasteiger partial charge in [-0.3, -0.25) is 18.8 Å². The second kappa shape index (κ2) is 11.0. The summed E-state index contributed by atoms with van der Waals surface area (Å²) in [5.74, 6) is 1.21. The number of hydrogen-bond donors (Lipinski definition) is 0. The normalized spacial score (nSPS) is 11.9. The molecular weight excluding hydrogens is 629 g/mol. The molecule has 51 heavy (non-hydrogen) atoms. The summed E-state index contributed by atoms with van der Waals surface area (Å²) in [6.07, 6.45) is 11.3. The maximum atomic E-state index is 6.58. The van der Waals surface area contributed by atoms with Crippen molar-refractivity contribution in [2.45, 2.75) is 27.7 Å². The highest BCUT2D eigenvalue weighted by molar-refractivity contribution is 6.17. The van der Waals surface area contributed by atoms with Gasteiger partial charge in [0.1, 0.15) is 22.8 Å². The SMILES string of the molecule is Cc1cccc(C)c1-c1cccc2c1c1ncc(Oc3cnc4c(c3)c3nccn3c3cccc(-c5c(C)cccc5C)c43)cc1c1nccn21. The monoisotopic (exact) mass is 660 g/mol. The van der Waals surface area contributed by atoms with Crippen molar-refractivity contribution in [1.29, 1.82) is 0 Å². The van der Waals surface area contributed by atoms with Crippen LogP contribution >= 0.6 is 0 Å². The zero-order valence-corrected chi connectivity index (χ0v) is 28.6. The average Bonchev–Trinajstić information content (AvgIpc) is 3.83. The van der Waals surface area contributed by atoms with Gasteiger partial charge in [0.15, 0.2) is 0 Å². The number of nitrogens with zero attached hydrogens (tertiary/aromatic N) is 6. The Hall–Kier alpha value is -6.60. The Bertz CT molecular complexity index is 2820.